The van der Waals surface area contributed by atoms with Crippen molar-refractivity contribution in [1.29, 1.82) is 0 Å². The fraction of sp³-hybridized carbons (Fsp3) is 0.571. The Morgan fingerprint density at radius 1 is 1.70 bits per heavy atom. The smallest absolute Gasteiger partial charge is 0.306 e. The molecular formula is C7H11NO2. The van der Waals surface area contributed by atoms with Crippen LogP contribution in [0.25, 0.3) is 0 Å². The zero-order valence-corrected chi connectivity index (χ0v) is 5.66. The van der Waals surface area contributed by atoms with E-state index < -0.39 is 5.97 Å². The summed E-state index contributed by atoms with van der Waals surface area (Å²) in [5.41, 5.74) is 5.51. The number of carbonyl (C=O) groups is 1. The number of hydrogen-bond acceptors (Lipinski definition) is 2. The molecule has 0 radical (unpaired) electrons. The number of aliphatic carboxylic acids is 1. The molecule has 0 aliphatic heterocycles. The highest BCUT2D eigenvalue weighted by Crippen LogP contribution is 2.16. The first-order valence-corrected chi connectivity index (χ1v) is 3.35. The first-order valence-electron chi connectivity index (χ1n) is 3.35. The molecule has 10 heavy (non-hydrogen) atoms. The number of hydrogen-bond donors (Lipinski definition) is 2. The average Bonchev–Trinajstić information content (AvgIpc) is 1.88. The average molecular weight is 141 g/mol. The van der Waals surface area contributed by atoms with Gasteiger partial charge in [-0.25, -0.2) is 0 Å². The van der Waals surface area contributed by atoms with E-state index in [-0.39, 0.29) is 12.0 Å². The van der Waals surface area contributed by atoms with E-state index in [0.717, 1.165) is 0 Å². The summed E-state index contributed by atoms with van der Waals surface area (Å²) < 4.78 is 0. The van der Waals surface area contributed by atoms with Gasteiger partial charge in [0.25, 0.3) is 0 Å². The molecule has 0 bridgehead atoms. The van der Waals surface area contributed by atoms with Crippen molar-refractivity contribution in [1.82, 2.24) is 0 Å². The van der Waals surface area contributed by atoms with Crippen molar-refractivity contribution >= 4 is 5.97 Å². The van der Waals surface area contributed by atoms with E-state index in [1.54, 1.807) is 0 Å². The molecule has 0 heterocycles. The van der Waals surface area contributed by atoms with Gasteiger partial charge in [-0.3, -0.25) is 4.79 Å². The van der Waals surface area contributed by atoms with Crippen LogP contribution in [-0.4, -0.2) is 17.1 Å². The van der Waals surface area contributed by atoms with Crippen LogP contribution < -0.4 is 5.73 Å². The van der Waals surface area contributed by atoms with Crippen LogP contribution in [0.2, 0.25) is 0 Å². The summed E-state index contributed by atoms with van der Waals surface area (Å²) in [6.45, 7) is 0. The lowest BCUT2D eigenvalue weighted by Crippen LogP contribution is -2.28. The van der Waals surface area contributed by atoms with Gasteiger partial charge in [0, 0.05) is 6.04 Å². The maximum absolute atomic E-state index is 10.4. The lowest BCUT2D eigenvalue weighted by molar-refractivity contribution is -0.142. The third-order valence-electron chi connectivity index (χ3n) is 1.71. The Morgan fingerprint density at radius 3 is 2.80 bits per heavy atom. The normalized spacial score (nSPS) is 32.1. The minimum absolute atomic E-state index is 0.0603. The molecule has 3 heteroatoms. The van der Waals surface area contributed by atoms with Crippen molar-refractivity contribution in [3.05, 3.63) is 12.2 Å². The van der Waals surface area contributed by atoms with Gasteiger partial charge < -0.3 is 10.8 Å². The van der Waals surface area contributed by atoms with Gasteiger partial charge in [-0.15, -0.1) is 0 Å². The van der Waals surface area contributed by atoms with Crippen molar-refractivity contribution in [3.8, 4) is 0 Å². The molecular weight excluding hydrogens is 130 g/mol. The van der Waals surface area contributed by atoms with Gasteiger partial charge in [0.2, 0.25) is 0 Å². The molecule has 0 aromatic rings. The van der Waals surface area contributed by atoms with Crippen LogP contribution in [0.5, 0.6) is 0 Å². The minimum Gasteiger partial charge on any atom is -0.481 e. The van der Waals surface area contributed by atoms with Gasteiger partial charge in [0.15, 0.2) is 0 Å². The van der Waals surface area contributed by atoms with Gasteiger partial charge in [0.05, 0.1) is 5.92 Å². The second kappa shape index (κ2) is 2.84. The van der Waals surface area contributed by atoms with Crippen molar-refractivity contribution < 1.29 is 9.90 Å². The predicted molar refractivity (Wildman–Crippen MR) is 37.5 cm³/mol. The summed E-state index contributed by atoms with van der Waals surface area (Å²) in [4.78, 5) is 10.4. The number of allylic oxidation sites excluding steroid dienone is 1. The molecule has 1 aliphatic carbocycles. The molecule has 1 aliphatic rings. The van der Waals surface area contributed by atoms with E-state index >= 15 is 0 Å². The van der Waals surface area contributed by atoms with E-state index in [9.17, 15) is 4.79 Å². The van der Waals surface area contributed by atoms with Crippen molar-refractivity contribution in [2.24, 2.45) is 11.7 Å². The third kappa shape index (κ3) is 1.57. The quantitative estimate of drug-likeness (QED) is 0.518. The third-order valence-corrected chi connectivity index (χ3v) is 1.71. The Bertz CT molecular complexity index is 165. The summed E-state index contributed by atoms with van der Waals surface area (Å²) in [6.07, 6.45) is 4.90. The highest BCUT2D eigenvalue weighted by molar-refractivity contribution is 5.70. The molecule has 0 amide bonds. The van der Waals surface area contributed by atoms with Crippen LogP contribution in [0.4, 0.5) is 0 Å². The molecule has 0 fully saturated rings. The number of rotatable bonds is 1. The number of carboxylic acids is 1. The standard InChI is InChI=1S/C7H11NO2/c8-6-3-1-2-5(4-6)7(9)10/h1,3,5-6H,2,4,8H2,(H,9,10)/t5?,6-/m1/s1. The topological polar surface area (TPSA) is 63.3 Å². The molecule has 3 N–H and O–H groups in total. The highest BCUT2D eigenvalue weighted by Gasteiger charge is 2.20. The fourth-order valence-corrected chi connectivity index (χ4v) is 1.12. The molecule has 0 aromatic carbocycles. The summed E-state index contributed by atoms with van der Waals surface area (Å²) in [6, 6.07) is -0.0603. The van der Waals surface area contributed by atoms with Crippen LogP contribution in [-0.2, 0) is 4.79 Å². The number of carboxylic acid groups (broad SMARTS) is 1. The maximum Gasteiger partial charge on any atom is 0.306 e. The Morgan fingerprint density at radius 2 is 2.40 bits per heavy atom. The predicted octanol–water partition coefficient (Wildman–Crippen LogP) is 0.364. The van der Waals surface area contributed by atoms with Crippen LogP contribution >= 0.6 is 0 Å². The molecule has 1 rings (SSSR count). The monoisotopic (exact) mass is 141 g/mol. The molecule has 0 aromatic heterocycles. The minimum atomic E-state index is -0.736. The van der Waals surface area contributed by atoms with E-state index in [1.807, 2.05) is 12.2 Å². The van der Waals surface area contributed by atoms with E-state index in [0.29, 0.717) is 12.8 Å². The molecule has 1 unspecified atom stereocenters. The maximum atomic E-state index is 10.4. The zero-order chi connectivity index (χ0) is 7.56. The molecule has 2 atom stereocenters. The summed E-state index contributed by atoms with van der Waals surface area (Å²) in [5, 5.41) is 8.57. The second-order valence-electron chi connectivity index (χ2n) is 2.60. The zero-order valence-electron chi connectivity index (χ0n) is 5.66. The summed E-state index contributed by atoms with van der Waals surface area (Å²) in [7, 11) is 0. The van der Waals surface area contributed by atoms with Crippen LogP contribution in [0, 0.1) is 5.92 Å². The largest absolute Gasteiger partial charge is 0.481 e. The van der Waals surface area contributed by atoms with E-state index in [4.69, 9.17) is 10.8 Å². The fourth-order valence-electron chi connectivity index (χ4n) is 1.12. The van der Waals surface area contributed by atoms with Crippen molar-refractivity contribution in [3.63, 3.8) is 0 Å². The van der Waals surface area contributed by atoms with Gasteiger partial charge in [-0.1, -0.05) is 12.2 Å². The lowest BCUT2D eigenvalue weighted by Gasteiger charge is -2.17. The molecule has 0 spiro atoms. The van der Waals surface area contributed by atoms with Gasteiger partial charge in [0.1, 0.15) is 0 Å². The number of nitrogens with two attached hydrogens (primary N) is 1. The molecule has 56 valence electrons. The van der Waals surface area contributed by atoms with Crippen LogP contribution in [0.1, 0.15) is 12.8 Å². The molecule has 0 saturated carbocycles. The van der Waals surface area contributed by atoms with Crippen LogP contribution in [0.15, 0.2) is 12.2 Å². The molecule has 0 saturated heterocycles. The first kappa shape index (κ1) is 7.28. The van der Waals surface area contributed by atoms with Gasteiger partial charge in [-0.2, -0.15) is 0 Å². The molecule has 3 nitrogen and oxygen atoms in total. The Labute approximate surface area is 59.5 Å². The SMILES string of the molecule is N[C@@H]1C=CCC(C(=O)O)C1. The van der Waals surface area contributed by atoms with Crippen molar-refractivity contribution in [2.75, 3.05) is 0 Å². The van der Waals surface area contributed by atoms with Gasteiger partial charge in [-0.05, 0) is 12.8 Å². The van der Waals surface area contributed by atoms with E-state index in [1.165, 1.54) is 0 Å². The van der Waals surface area contributed by atoms with E-state index in [2.05, 4.69) is 0 Å². The Hall–Kier alpha value is -0.830. The second-order valence-corrected chi connectivity index (χ2v) is 2.60. The van der Waals surface area contributed by atoms with Gasteiger partial charge >= 0.3 is 5.97 Å². The first-order chi connectivity index (χ1) is 4.70. The Balaban J connectivity index is 2.52. The highest BCUT2D eigenvalue weighted by atomic mass is 16.4. The Kier molecular flexibility index (Phi) is 2.06. The van der Waals surface area contributed by atoms with Crippen LogP contribution in [0.3, 0.4) is 0 Å². The summed E-state index contributed by atoms with van der Waals surface area (Å²) >= 11 is 0. The van der Waals surface area contributed by atoms with Crippen molar-refractivity contribution in [2.45, 2.75) is 18.9 Å². The summed E-state index contributed by atoms with van der Waals surface area (Å²) in [5.74, 6) is -1.00. The lowest BCUT2D eigenvalue weighted by atomic mass is 9.92.